The average molecular weight is 337 g/mol. The minimum Gasteiger partial charge on any atom is -0.341 e. The molecule has 0 heterocycles. The molecule has 2 aromatic rings. The molecule has 0 saturated heterocycles. The highest BCUT2D eigenvalue weighted by molar-refractivity contribution is 6.31. The molecule has 0 radical (unpaired) electrons. The molecule has 0 aliphatic heterocycles. The Bertz CT molecular complexity index is 687. The Balaban J connectivity index is 1.96. The number of rotatable bonds is 4. The van der Waals surface area contributed by atoms with Gasteiger partial charge in [0, 0.05) is 21.3 Å². The van der Waals surface area contributed by atoms with Crippen molar-refractivity contribution < 1.29 is 9.59 Å². The predicted octanol–water partition coefficient (Wildman–Crippen LogP) is 3.75. The number of amides is 2. The van der Waals surface area contributed by atoms with Gasteiger partial charge in [0.15, 0.2) is 0 Å². The smallest absolute Gasteiger partial charge is 0.251 e. The zero-order valence-electron chi connectivity index (χ0n) is 11.8. The normalized spacial score (nSPS) is 11.6. The summed E-state index contributed by atoms with van der Waals surface area (Å²) in [5.74, 6) is -0.671. The molecule has 1 atom stereocenters. The summed E-state index contributed by atoms with van der Waals surface area (Å²) in [5, 5.41) is 6.38. The summed E-state index contributed by atoms with van der Waals surface area (Å²) < 4.78 is 0. The largest absolute Gasteiger partial charge is 0.341 e. The number of nitrogens with one attached hydrogen (secondary N) is 2. The van der Waals surface area contributed by atoms with Crippen LogP contribution < -0.4 is 10.6 Å². The molecule has 2 aromatic carbocycles. The highest BCUT2D eigenvalue weighted by atomic mass is 35.5. The van der Waals surface area contributed by atoms with Crippen molar-refractivity contribution in [1.29, 1.82) is 0 Å². The van der Waals surface area contributed by atoms with Crippen LogP contribution in [0.5, 0.6) is 0 Å². The Morgan fingerprint density at radius 3 is 2.32 bits per heavy atom. The first-order valence-corrected chi connectivity index (χ1v) is 7.34. The fourth-order valence-electron chi connectivity index (χ4n) is 1.76. The maximum absolute atomic E-state index is 12.1. The van der Waals surface area contributed by atoms with E-state index < -0.39 is 6.04 Å². The monoisotopic (exact) mass is 336 g/mol. The molecule has 0 fully saturated rings. The molecule has 0 aromatic heterocycles. The topological polar surface area (TPSA) is 58.2 Å². The van der Waals surface area contributed by atoms with Crippen LogP contribution in [-0.4, -0.2) is 17.9 Å². The van der Waals surface area contributed by atoms with E-state index in [0.29, 0.717) is 21.3 Å². The Kier molecular flexibility index (Phi) is 5.41. The van der Waals surface area contributed by atoms with E-state index >= 15 is 0 Å². The molecule has 0 bridgehead atoms. The number of benzene rings is 2. The lowest BCUT2D eigenvalue weighted by Crippen LogP contribution is -2.41. The van der Waals surface area contributed by atoms with Crippen LogP contribution >= 0.6 is 23.2 Å². The molecule has 0 aliphatic carbocycles. The molecule has 2 N–H and O–H groups in total. The van der Waals surface area contributed by atoms with Crippen molar-refractivity contribution in [2.75, 3.05) is 5.32 Å². The molecule has 4 nitrogen and oxygen atoms in total. The fourth-order valence-corrected chi connectivity index (χ4v) is 2.08. The van der Waals surface area contributed by atoms with Crippen LogP contribution in [0, 0.1) is 0 Å². The summed E-state index contributed by atoms with van der Waals surface area (Å²) in [5.41, 5.74) is 1.01. The zero-order valence-corrected chi connectivity index (χ0v) is 13.3. The van der Waals surface area contributed by atoms with Gasteiger partial charge in [-0.15, -0.1) is 0 Å². The van der Waals surface area contributed by atoms with Gasteiger partial charge in [-0.05, 0) is 49.4 Å². The highest BCUT2D eigenvalue weighted by Crippen LogP contribution is 2.15. The van der Waals surface area contributed by atoms with Crippen LogP contribution in [0.2, 0.25) is 10.0 Å². The maximum atomic E-state index is 12.1. The SMILES string of the molecule is CC(NC(=O)c1ccc(Cl)cc1)C(=O)Nc1cccc(Cl)c1. The summed E-state index contributed by atoms with van der Waals surface area (Å²) in [7, 11) is 0. The third kappa shape index (κ3) is 4.48. The Labute approximate surface area is 138 Å². The maximum Gasteiger partial charge on any atom is 0.251 e. The number of anilines is 1. The first-order chi connectivity index (χ1) is 10.5. The minimum absolute atomic E-state index is 0.329. The van der Waals surface area contributed by atoms with Crippen LogP contribution in [0.3, 0.4) is 0 Å². The molecule has 2 amide bonds. The molecule has 2 rings (SSSR count). The molecule has 0 spiro atoms. The molecular formula is C16H14Cl2N2O2. The van der Waals surface area contributed by atoms with Crippen LogP contribution in [0.1, 0.15) is 17.3 Å². The van der Waals surface area contributed by atoms with Gasteiger partial charge < -0.3 is 10.6 Å². The van der Waals surface area contributed by atoms with Gasteiger partial charge in [0.2, 0.25) is 5.91 Å². The second kappa shape index (κ2) is 7.29. The van der Waals surface area contributed by atoms with E-state index in [1.165, 1.54) is 0 Å². The van der Waals surface area contributed by atoms with E-state index in [-0.39, 0.29) is 11.8 Å². The predicted molar refractivity (Wildman–Crippen MR) is 88.5 cm³/mol. The van der Waals surface area contributed by atoms with Crippen LogP contribution in [0.15, 0.2) is 48.5 Å². The fraction of sp³-hybridized carbons (Fsp3) is 0.125. The molecule has 0 aliphatic rings. The van der Waals surface area contributed by atoms with Crippen molar-refractivity contribution in [2.24, 2.45) is 0 Å². The van der Waals surface area contributed by atoms with Gasteiger partial charge in [-0.3, -0.25) is 9.59 Å². The third-order valence-electron chi connectivity index (χ3n) is 2.94. The van der Waals surface area contributed by atoms with Gasteiger partial charge in [-0.1, -0.05) is 29.3 Å². The quantitative estimate of drug-likeness (QED) is 0.893. The first-order valence-electron chi connectivity index (χ1n) is 6.58. The zero-order chi connectivity index (χ0) is 16.1. The Hall–Kier alpha value is -2.04. The van der Waals surface area contributed by atoms with Gasteiger partial charge in [-0.25, -0.2) is 0 Å². The van der Waals surface area contributed by atoms with E-state index in [4.69, 9.17) is 23.2 Å². The van der Waals surface area contributed by atoms with Crippen molar-refractivity contribution in [3.63, 3.8) is 0 Å². The highest BCUT2D eigenvalue weighted by Gasteiger charge is 2.16. The average Bonchev–Trinajstić information content (AvgIpc) is 2.47. The lowest BCUT2D eigenvalue weighted by atomic mass is 10.2. The molecule has 22 heavy (non-hydrogen) atoms. The lowest BCUT2D eigenvalue weighted by molar-refractivity contribution is -0.117. The second-order valence-electron chi connectivity index (χ2n) is 4.70. The van der Waals surface area contributed by atoms with Crippen molar-refractivity contribution in [3.05, 3.63) is 64.1 Å². The van der Waals surface area contributed by atoms with E-state index in [1.807, 2.05) is 0 Å². The van der Waals surface area contributed by atoms with Gasteiger partial charge in [0.1, 0.15) is 6.04 Å². The molecular weight excluding hydrogens is 323 g/mol. The summed E-state index contributed by atoms with van der Waals surface area (Å²) >= 11 is 11.6. The minimum atomic E-state index is -0.692. The van der Waals surface area contributed by atoms with Crippen LogP contribution in [0.25, 0.3) is 0 Å². The van der Waals surface area contributed by atoms with Crippen molar-refractivity contribution in [3.8, 4) is 0 Å². The summed E-state index contributed by atoms with van der Waals surface area (Å²) in [6.07, 6.45) is 0. The second-order valence-corrected chi connectivity index (χ2v) is 5.57. The number of hydrogen-bond donors (Lipinski definition) is 2. The van der Waals surface area contributed by atoms with E-state index in [1.54, 1.807) is 55.5 Å². The van der Waals surface area contributed by atoms with Gasteiger partial charge in [-0.2, -0.15) is 0 Å². The van der Waals surface area contributed by atoms with Crippen molar-refractivity contribution in [1.82, 2.24) is 5.32 Å². The van der Waals surface area contributed by atoms with E-state index in [9.17, 15) is 9.59 Å². The van der Waals surface area contributed by atoms with Gasteiger partial charge in [0.25, 0.3) is 5.91 Å². The Morgan fingerprint density at radius 1 is 1.00 bits per heavy atom. The van der Waals surface area contributed by atoms with Crippen molar-refractivity contribution >= 4 is 40.7 Å². The summed E-state index contributed by atoms with van der Waals surface area (Å²) in [6, 6.07) is 12.5. The summed E-state index contributed by atoms with van der Waals surface area (Å²) in [6.45, 7) is 1.60. The van der Waals surface area contributed by atoms with Crippen LogP contribution in [0.4, 0.5) is 5.69 Å². The lowest BCUT2D eigenvalue weighted by Gasteiger charge is -2.14. The number of carbonyl (C=O) groups excluding carboxylic acids is 2. The van der Waals surface area contributed by atoms with Crippen molar-refractivity contribution in [2.45, 2.75) is 13.0 Å². The summed E-state index contributed by atoms with van der Waals surface area (Å²) in [4.78, 5) is 24.1. The first kappa shape index (κ1) is 16.3. The van der Waals surface area contributed by atoms with Gasteiger partial charge >= 0.3 is 0 Å². The van der Waals surface area contributed by atoms with Crippen LogP contribution in [-0.2, 0) is 4.79 Å². The standard InChI is InChI=1S/C16H14Cl2N2O2/c1-10(15(21)20-14-4-2-3-13(18)9-14)19-16(22)11-5-7-12(17)8-6-11/h2-10H,1H3,(H,19,22)(H,20,21). The molecule has 0 saturated carbocycles. The number of carbonyl (C=O) groups is 2. The number of hydrogen-bond acceptors (Lipinski definition) is 2. The van der Waals surface area contributed by atoms with Gasteiger partial charge in [0.05, 0.1) is 0 Å². The molecule has 114 valence electrons. The van der Waals surface area contributed by atoms with E-state index in [2.05, 4.69) is 10.6 Å². The molecule has 1 unspecified atom stereocenters. The Morgan fingerprint density at radius 2 is 1.68 bits per heavy atom. The molecule has 6 heteroatoms. The number of halogens is 2. The van der Waals surface area contributed by atoms with E-state index in [0.717, 1.165) is 0 Å². The third-order valence-corrected chi connectivity index (χ3v) is 3.43.